The summed E-state index contributed by atoms with van der Waals surface area (Å²) >= 11 is 1.30. The summed E-state index contributed by atoms with van der Waals surface area (Å²) < 4.78 is 0. The monoisotopic (exact) mass is 306 g/mol. The van der Waals surface area contributed by atoms with Crippen LogP contribution in [0, 0.1) is 6.92 Å². The van der Waals surface area contributed by atoms with Crippen LogP contribution in [0.3, 0.4) is 0 Å². The number of nitrogens with one attached hydrogen (secondary N) is 1. The molecule has 110 valence electrons. The number of hydrogen-bond acceptors (Lipinski definition) is 5. The maximum absolute atomic E-state index is 12.0. The van der Waals surface area contributed by atoms with Gasteiger partial charge in [0.1, 0.15) is 5.01 Å². The molecule has 2 N–H and O–H groups in total. The number of anilines is 1. The minimum atomic E-state index is -0.973. The van der Waals surface area contributed by atoms with Crippen molar-refractivity contribution in [3.05, 3.63) is 40.4 Å². The molecule has 0 radical (unpaired) electrons. The molecule has 2 aromatic rings. The predicted molar refractivity (Wildman–Crippen MR) is 78.5 cm³/mol. The van der Waals surface area contributed by atoms with Crippen LogP contribution < -0.4 is 5.32 Å². The molecular weight excluding hydrogens is 292 g/mol. The van der Waals surface area contributed by atoms with Crippen molar-refractivity contribution in [2.45, 2.75) is 13.5 Å². The molecule has 0 atom stereocenters. The SMILES string of the molecule is Cc1nnc(NC(=O)N(C)Cc2ccc(C(=O)O)cc2)s1. The molecule has 0 aliphatic carbocycles. The predicted octanol–water partition coefficient (Wildman–Crippen LogP) is 2.21. The van der Waals surface area contributed by atoms with Crippen LogP contribution in [0.1, 0.15) is 20.9 Å². The Hall–Kier alpha value is -2.48. The first-order chi connectivity index (χ1) is 9.95. The average molecular weight is 306 g/mol. The van der Waals surface area contributed by atoms with Gasteiger partial charge in [-0.25, -0.2) is 9.59 Å². The fourth-order valence-electron chi connectivity index (χ4n) is 1.63. The summed E-state index contributed by atoms with van der Waals surface area (Å²) in [7, 11) is 1.65. The highest BCUT2D eigenvalue weighted by Crippen LogP contribution is 2.14. The van der Waals surface area contributed by atoms with Crippen molar-refractivity contribution in [2.24, 2.45) is 0 Å². The normalized spacial score (nSPS) is 10.2. The van der Waals surface area contributed by atoms with Gasteiger partial charge in [0, 0.05) is 13.6 Å². The third kappa shape index (κ3) is 3.99. The Morgan fingerprint density at radius 1 is 1.29 bits per heavy atom. The van der Waals surface area contributed by atoms with Gasteiger partial charge in [-0.1, -0.05) is 23.5 Å². The number of aromatic nitrogens is 2. The van der Waals surface area contributed by atoms with E-state index >= 15 is 0 Å². The van der Waals surface area contributed by atoms with Crippen LogP contribution in [0.4, 0.5) is 9.93 Å². The topological polar surface area (TPSA) is 95.4 Å². The number of carboxylic acid groups (broad SMARTS) is 1. The molecule has 2 rings (SSSR count). The van der Waals surface area contributed by atoms with E-state index in [1.807, 2.05) is 0 Å². The molecule has 2 amide bonds. The molecule has 0 saturated carbocycles. The lowest BCUT2D eigenvalue weighted by Gasteiger charge is -2.16. The standard InChI is InChI=1S/C13H14N4O3S/c1-8-15-16-12(21-8)14-13(20)17(2)7-9-3-5-10(6-4-9)11(18)19/h3-6H,7H2,1-2H3,(H,18,19)(H,14,16,20). The smallest absolute Gasteiger partial charge is 0.335 e. The highest BCUT2D eigenvalue weighted by Gasteiger charge is 2.12. The first kappa shape index (κ1) is 14.9. The number of hydrogen-bond donors (Lipinski definition) is 2. The average Bonchev–Trinajstić information content (AvgIpc) is 2.84. The zero-order valence-electron chi connectivity index (χ0n) is 11.5. The zero-order chi connectivity index (χ0) is 15.4. The second kappa shape index (κ2) is 6.31. The highest BCUT2D eigenvalue weighted by molar-refractivity contribution is 7.15. The molecule has 0 saturated heterocycles. The van der Waals surface area contributed by atoms with Crippen molar-refractivity contribution >= 4 is 28.5 Å². The number of rotatable bonds is 4. The summed E-state index contributed by atoms with van der Waals surface area (Å²) in [5, 5.41) is 20.3. The lowest BCUT2D eigenvalue weighted by Crippen LogP contribution is -2.30. The van der Waals surface area contributed by atoms with Crippen molar-refractivity contribution < 1.29 is 14.7 Å². The van der Waals surface area contributed by atoms with E-state index in [0.717, 1.165) is 10.6 Å². The van der Waals surface area contributed by atoms with E-state index in [9.17, 15) is 9.59 Å². The summed E-state index contributed by atoms with van der Waals surface area (Å²) in [6.07, 6.45) is 0. The first-order valence-electron chi connectivity index (χ1n) is 6.10. The first-order valence-corrected chi connectivity index (χ1v) is 6.92. The van der Waals surface area contributed by atoms with E-state index in [2.05, 4.69) is 15.5 Å². The molecule has 1 aromatic carbocycles. The van der Waals surface area contributed by atoms with Gasteiger partial charge in [-0.3, -0.25) is 5.32 Å². The van der Waals surface area contributed by atoms with Gasteiger partial charge >= 0.3 is 12.0 Å². The number of nitrogens with zero attached hydrogens (tertiary/aromatic N) is 3. The van der Waals surface area contributed by atoms with E-state index in [1.54, 1.807) is 26.1 Å². The second-order valence-electron chi connectivity index (χ2n) is 4.41. The van der Waals surface area contributed by atoms with Gasteiger partial charge in [0.15, 0.2) is 0 Å². The van der Waals surface area contributed by atoms with Crippen LogP contribution in [-0.4, -0.2) is 39.3 Å². The number of benzene rings is 1. The quantitative estimate of drug-likeness (QED) is 0.903. The van der Waals surface area contributed by atoms with Gasteiger partial charge in [-0.15, -0.1) is 10.2 Å². The molecule has 21 heavy (non-hydrogen) atoms. The van der Waals surface area contributed by atoms with Crippen molar-refractivity contribution in [1.29, 1.82) is 0 Å². The van der Waals surface area contributed by atoms with Gasteiger partial charge in [0.2, 0.25) is 5.13 Å². The molecule has 1 heterocycles. The summed E-state index contributed by atoms with van der Waals surface area (Å²) in [5.74, 6) is -0.973. The molecule has 1 aromatic heterocycles. The lowest BCUT2D eigenvalue weighted by molar-refractivity contribution is 0.0697. The molecule has 0 unspecified atom stereocenters. The molecule has 7 nitrogen and oxygen atoms in total. The zero-order valence-corrected chi connectivity index (χ0v) is 12.3. The fourth-order valence-corrected chi connectivity index (χ4v) is 2.21. The Balaban J connectivity index is 1.95. The second-order valence-corrected chi connectivity index (χ2v) is 5.60. The van der Waals surface area contributed by atoms with Crippen LogP contribution in [0.2, 0.25) is 0 Å². The van der Waals surface area contributed by atoms with E-state index in [1.165, 1.54) is 28.4 Å². The van der Waals surface area contributed by atoms with E-state index in [4.69, 9.17) is 5.11 Å². The Morgan fingerprint density at radius 3 is 2.48 bits per heavy atom. The largest absolute Gasteiger partial charge is 0.478 e. The molecule has 0 aliphatic rings. The van der Waals surface area contributed by atoms with Gasteiger partial charge in [0.25, 0.3) is 0 Å². The summed E-state index contributed by atoms with van der Waals surface area (Å²) in [6, 6.07) is 6.09. The molecule has 8 heteroatoms. The van der Waals surface area contributed by atoms with E-state index in [-0.39, 0.29) is 11.6 Å². The van der Waals surface area contributed by atoms with Crippen LogP contribution >= 0.6 is 11.3 Å². The Kier molecular flexibility index (Phi) is 4.49. The van der Waals surface area contributed by atoms with Crippen molar-refractivity contribution in [1.82, 2.24) is 15.1 Å². The lowest BCUT2D eigenvalue weighted by atomic mass is 10.1. The van der Waals surface area contributed by atoms with Crippen molar-refractivity contribution in [3.8, 4) is 0 Å². The van der Waals surface area contributed by atoms with Gasteiger partial charge in [0.05, 0.1) is 5.56 Å². The maximum Gasteiger partial charge on any atom is 0.335 e. The fraction of sp³-hybridized carbons (Fsp3) is 0.231. The maximum atomic E-state index is 12.0. The number of carbonyl (C=O) groups excluding carboxylic acids is 1. The van der Waals surface area contributed by atoms with Crippen LogP contribution in [0.5, 0.6) is 0 Å². The summed E-state index contributed by atoms with van der Waals surface area (Å²) in [4.78, 5) is 24.2. The third-order valence-corrected chi connectivity index (χ3v) is 3.46. The number of aromatic carboxylic acids is 1. The number of urea groups is 1. The van der Waals surface area contributed by atoms with Gasteiger partial charge in [-0.05, 0) is 24.6 Å². The Morgan fingerprint density at radius 2 is 1.95 bits per heavy atom. The molecule has 0 fully saturated rings. The van der Waals surface area contributed by atoms with Crippen LogP contribution in [-0.2, 0) is 6.54 Å². The summed E-state index contributed by atoms with van der Waals surface area (Å²) in [6.45, 7) is 2.17. The van der Waals surface area contributed by atoms with Crippen molar-refractivity contribution in [2.75, 3.05) is 12.4 Å². The Bertz CT molecular complexity index is 654. The number of carboxylic acids is 1. The number of amides is 2. The van der Waals surface area contributed by atoms with Gasteiger partial charge < -0.3 is 10.0 Å². The van der Waals surface area contributed by atoms with Gasteiger partial charge in [-0.2, -0.15) is 0 Å². The number of carbonyl (C=O) groups is 2. The minimum Gasteiger partial charge on any atom is -0.478 e. The molecular formula is C13H14N4O3S. The van der Waals surface area contributed by atoms with Crippen LogP contribution in [0.15, 0.2) is 24.3 Å². The third-order valence-electron chi connectivity index (χ3n) is 2.71. The number of aryl methyl sites for hydroxylation is 1. The van der Waals surface area contributed by atoms with E-state index < -0.39 is 5.97 Å². The minimum absolute atomic E-state index is 0.218. The van der Waals surface area contributed by atoms with Crippen molar-refractivity contribution in [3.63, 3.8) is 0 Å². The molecule has 0 aliphatic heterocycles. The Labute approximate surface area is 125 Å². The van der Waals surface area contributed by atoms with Crippen LogP contribution in [0.25, 0.3) is 0 Å². The summed E-state index contributed by atoms with van der Waals surface area (Å²) in [5.41, 5.74) is 1.06. The molecule has 0 spiro atoms. The molecule has 0 bridgehead atoms. The van der Waals surface area contributed by atoms with E-state index in [0.29, 0.717) is 11.7 Å². The highest BCUT2D eigenvalue weighted by atomic mass is 32.1.